The van der Waals surface area contributed by atoms with E-state index >= 15 is 0 Å². The van der Waals surface area contributed by atoms with Gasteiger partial charge in [0.1, 0.15) is 6.61 Å². The van der Waals surface area contributed by atoms with Gasteiger partial charge in [0.2, 0.25) is 5.24 Å². The molecule has 0 fully saturated rings. The zero-order valence-electron chi connectivity index (χ0n) is 12.9. The third-order valence-corrected chi connectivity index (χ3v) is 3.69. The smallest absolute Gasteiger partial charge is 0.245 e. The highest BCUT2D eigenvalue weighted by atomic mass is 35.5. The Hall–Kier alpha value is -1.68. The first-order valence-corrected chi connectivity index (χ1v) is 8.34. The third-order valence-electron chi connectivity index (χ3n) is 3.03. The van der Waals surface area contributed by atoms with Crippen LogP contribution in [0.1, 0.15) is 18.1 Å². The van der Waals surface area contributed by atoms with E-state index in [9.17, 15) is 4.79 Å². The van der Waals surface area contributed by atoms with Crippen LogP contribution in [0.25, 0.3) is 6.08 Å². The minimum absolute atomic E-state index is 0.326. The molecule has 2 aromatic carbocycles. The lowest BCUT2D eigenvalue weighted by molar-refractivity contribution is -0.107. The minimum Gasteiger partial charge on any atom is -0.490 e. The van der Waals surface area contributed by atoms with Crippen LogP contribution in [0.2, 0.25) is 10.0 Å². The molecule has 0 N–H and O–H groups in total. The van der Waals surface area contributed by atoms with E-state index < -0.39 is 5.24 Å². The van der Waals surface area contributed by atoms with Crippen LogP contribution in [0.5, 0.6) is 11.5 Å². The van der Waals surface area contributed by atoms with Gasteiger partial charge in [-0.1, -0.05) is 35.3 Å². The largest absolute Gasteiger partial charge is 0.490 e. The summed E-state index contributed by atoms with van der Waals surface area (Å²) >= 11 is 17.5. The van der Waals surface area contributed by atoms with E-state index in [1.54, 1.807) is 30.3 Å². The van der Waals surface area contributed by atoms with E-state index in [4.69, 9.17) is 44.3 Å². The number of halogens is 3. The van der Waals surface area contributed by atoms with Crippen LogP contribution in [0.4, 0.5) is 0 Å². The van der Waals surface area contributed by atoms with E-state index in [2.05, 4.69) is 0 Å². The van der Waals surface area contributed by atoms with E-state index in [0.717, 1.165) is 5.56 Å². The van der Waals surface area contributed by atoms with Crippen LogP contribution in [-0.2, 0) is 11.4 Å². The number of carbonyl (C=O) groups is 1. The Bertz CT molecular complexity index is 740. The van der Waals surface area contributed by atoms with Gasteiger partial charge < -0.3 is 9.47 Å². The van der Waals surface area contributed by atoms with Crippen molar-refractivity contribution in [3.8, 4) is 11.5 Å². The fraction of sp³-hybridized carbons (Fsp3) is 0.167. The lowest BCUT2D eigenvalue weighted by Crippen LogP contribution is -2.01. The fourth-order valence-electron chi connectivity index (χ4n) is 1.99. The summed E-state index contributed by atoms with van der Waals surface area (Å²) in [6.07, 6.45) is 2.81. The number of benzene rings is 2. The molecular formula is C18H15Cl3O3. The summed E-state index contributed by atoms with van der Waals surface area (Å²) in [4.78, 5) is 10.8. The van der Waals surface area contributed by atoms with E-state index in [-0.39, 0.29) is 0 Å². The molecule has 0 saturated heterocycles. The van der Waals surface area contributed by atoms with Crippen molar-refractivity contribution in [3.63, 3.8) is 0 Å². The monoisotopic (exact) mass is 384 g/mol. The van der Waals surface area contributed by atoms with Crippen molar-refractivity contribution in [2.45, 2.75) is 13.5 Å². The highest BCUT2D eigenvalue weighted by molar-refractivity contribution is 6.66. The van der Waals surface area contributed by atoms with E-state index in [0.29, 0.717) is 40.3 Å². The molecule has 0 radical (unpaired) electrons. The number of hydrogen-bond donors (Lipinski definition) is 0. The van der Waals surface area contributed by atoms with Crippen molar-refractivity contribution in [2.75, 3.05) is 6.61 Å². The van der Waals surface area contributed by atoms with Crippen LogP contribution >= 0.6 is 34.8 Å². The Morgan fingerprint density at radius 2 is 1.83 bits per heavy atom. The van der Waals surface area contributed by atoms with Gasteiger partial charge in [-0.2, -0.15) is 0 Å². The maximum absolute atomic E-state index is 10.8. The number of rotatable bonds is 7. The van der Waals surface area contributed by atoms with Gasteiger partial charge in [0.15, 0.2) is 11.5 Å². The van der Waals surface area contributed by atoms with Crippen molar-refractivity contribution in [1.82, 2.24) is 0 Å². The summed E-state index contributed by atoms with van der Waals surface area (Å²) in [5, 5.41) is 0.487. The Labute approximate surface area is 155 Å². The third kappa shape index (κ3) is 5.45. The summed E-state index contributed by atoms with van der Waals surface area (Å²) in [6.45, 7) is 2.64. The van der Waals surface area contributed by atoms with Crippen molar-refractivity contribution < 1.29 is 14.3 Å². The van der Waals surface area contributed by atoms with Gasteiger partial charge >= 0.3 is 0 Å². The van der Waals surface area contributed by atoms with Crippen LogP contribution in [0, 0.1) is 0 Å². The first-order valence-electron chi connectivity index (χ1n) is 7.20. The highest BCUT2D eigenvalue weighted by Crippen LogP contribution is 2.37. The Morgan fingerprint density at radius 3 is 2.46 bits per heavy atom. The first-order chi connectivity index (χ1) is 11.5. The maximum Gasteiger partial charge on any atom is 0.245 e. The molecule has 0 aliphatic carbocycles. The molecule has 0 amide bonds. The molecule has 2 aromatic rings. The number of carbonyl (C=O) groups excluding carboxylic acids is 1. The second-order valence-electron chi connectivity index (χ2n) is 4.82. The van der Waals surface area contributed by atoms with E-state index in [1.165, 1.54) is 6.08 Å². The van der Waals surface area contributed by atoms with Crippen LogP contribution < -0.4 is 9.47 Å². The van der Waals surface area contributed by atoms with Gasteiger partial charge in [-0.3, -0.25) is 4.79 Å². The van der Waals surface area contributed by atoms with Gasteiger partial charge in [-0.05, 0) is 66.1 Å². The minimum atomic E-state index is -0.563. The standard InChI is InChI=1S/C18H15Cl3O3/c1-2-23-16-10-13(5-8-17(21)22)9-15(20)18(16)24-11-12-3-6-14(19)7-4-12/h3-10H,2,11H2,1H3/b8-5+. The van der Waals surface area contributed by atoms with Crippen LogP contribution in [0.3, 0.4) is 0 Å². The molecule has 0 spiro atoms. The molecule has 0 bridgehead atoms. The van der Waals surface area contributed by atoms with Crippen molar-refractivity contribution in [1.29, 1.82) is 0 Å². The highest BCUT2D eigenvalue weighted by Gasteiger charge is 2.12. The van der Waals surface area contributed by atoms with Crippen molar-refractivity contribution in [2.24, 2.45) is 0 Å². The topological polar surface area (TPSA) is 35.5 Å². The number of hydrogen-bond acceptors (Lipinski definition) is 3. The molecule has 6 heteroatoms. The summed E-state index contributed by atoms with van der Waals surface area (Å²) in [5.74, 6) is 0.948. The predicted octanol–water partition coefficient (Wildman–Crippen LogP) is 5.75. The predicted molar refractivity (Wildman–Crippen MR) is 98.3 cm³/mol. The Morgan fingerprint density at radius 1 is 1.12 bits per heavy atom. The quantitative estimate of drug-likeness (QED) is 0.449. The summed E-state index contributed by atoms with van der Waals surface area (Å²) < 4.78 is 11.4. The normalized spacial score (nSPS) is 10.8. The van der Waals surface area contributed by atoms with Crippen molar-refractivity contribution in [3.05, 3.63) is 63.6 Å². The molecule has 0 heterocycles. The summed E-state index contributed by atoms with van der Waals surface area (Å²) in [5.41, 5.74) is 1.64. The average molecular weight is 386 g/mol. The molecule has 0 unspecified atom stereocenters. The SMILES string of the molecule is CCOc1cc(/C=C/C(=O)Cl)cc(Cl)c1OCc1ccc(Cl)cc1. The molecular weight excluding hydrogens is 371 g/mol. The van der Waals surface area contributed by atoms with Crippen molar-refractivity contribution >= 4 is 46.1 Å². The molecule has 0 atom stereocenters. The Balaban J connectivity index is 2.23. The van der Waals surface area contributed by atoms with Crippen LogP contribution in [0.15, 0.2) is 42.5 Å². The zero-order chi connectivity index (χ0) is 17.5. The molecule has 0 aliphatic rings. The average Bonchev–Trinajstić information content (AvgIpc) is 2.54. The second-order valence-corrected chi connectivity index (χ2v) is 6.03. The second kappa shape index (κ2) is 8.97. The van der Waals surface area contributed by atoms with Gasteiger partial charge in [0.25, 0.3) is 0 Å². The summed E-state index contributed by atoms with van der Waals surface area (Å²) in [6, 6.07) is 10.8. The lowest BCUT2D eigenvalue weighted by atomic mass is 10.2. The molecule has 0 saturated carbocycles. The molecule has 0 aromatic heterocycles. The Kier molecular flexibility index (Phi) is 6.98. The number of allylic oxidation sites excluding steroid dienone is 1. The molecule has 24 heavy (non-hydrogen) atoms. The first kappa shape index (κ1) is 18.7. The van der Waals surface area contributed by atoms with E-state index in [1.807, 2.05) is 19.1 Å². The van der Waals surface area contributed by atoms with Gasteiger partial charge in [-0.25, -0.2) is 0 Å². The van der Waals surface area contributed by atoms with Gasteiger partial charge in [0, 0.05) is 5.02 Å². The maximum atomic E-state index is 10.8. The summed E-state index contributed by atoms with van der Waals surface area (Å²) in [7, 11) is 0. The number of ether oxygens (including phenoxy) is 2. The van der Waals surface area contributed by atoms with Gasteiger partial charge in [0.05, 0.1) is 11.6 Å². The molecule has 126 valence electrons. The van der Waals surface area contributed by atoms with Crippen LogP contribution in [-0.4, -0.2) is 11.8 Å². The lowest BCUT2D eigenvalue weighted by Gasteiger charge is -2.14. The molecule has 3 nitrogen and oxygen atoms in total. The zero-order valence-corrected chi connectivity index (χ0v) is 15.2. The van der Waals surface area contributed by atoms with Gasteiger partial charge in [-0.15, -0.1) is 0 Å². The fourth-order valence-corrected chi connectivity index (χ4v) is 2.45. The molecule has 2 rings (SSSR count). The molecule has 0 aliphatic heterocycles.